The summed E-state index contributed by atoms with van der Waals surface area (Å²) in [6.07, 6.45) is 6.61. The molecule has 3 fully saturated rings. The Bertz CT molecular complexity index is 937. The second kappa shape index (κ2) is 7.51. The van der Waals surface area contributed by atoms with E-state index in [4.69, 9.17) is 0 Å². The number of nitriles is 1. The zero-order valence-electron chi connectivity index (χ0n) is 16.6. The predicted molar refractivity (Wildman–Crippen MR) is 111 cm³/mol. The van der Waals surface area contributed by atoms with Gasteiger partial charge in [-0.15, -0.1) is 0 Å². The zero-order valence-corrected chi connectivity index (χ0v) is 16.6. The van der Waals surface area contributed by atoms with Gasteiger partial charge in [0.1, 0.15) is 11.9 Å². The molecule has 1 aromatic heterocycles. The maximum atomic E-state index is 13.0. The second-order valence-electron chi connectivity index (χ2n) is 8.66. The van der Waals surface area contributed by atoms with Crippen LogP contribution in [0.25, 0.3) is 0 Å². The predicted octanol–water partition coefficient (Wildman–Crippen LogP) is 3.40. The van der Waals surface area contributed by atoms with Crippen molar-refractivity contribution in [2.75, 3.05) is 18.0 Å². The number of carbonyl (C=O) groups excluding carboxylic acids is 1. The molecule has 3 aliphatic rings. The van der Waals surface area contributed by atoms with Gasteiger partial charge in [-0.2, -0.15) is 5.26 Å². The maximum absolute atomic E-state index is 13.0. The van der Waals surface area contributed by atoms with Crippen LogP contribution >= 0.6 is 0 Å². The average Bonchev–Trinajstić information content (AvgIpc) is 2.77. The number of hydrogen-bond donors (Lipinski definition) is 0. The first kappa shape index (κ1) is 18.2. The number of anilines is 1. The lowest BCUT2D eigenvalue weighted by Gasteiger charge is -2.57. The molecule has 4 atom stereocenters. The summed E-state index contributed by atoms with van der Waals surface area (Å²) in [5, 5.41) is 9.55. The lowest BCUT2D eigenvalue weighted by molar-refractivity contribution is -0.148. The van der Waals surface area contributed by atoms with Gasteiger partial charge in [-0.05, 0) is 55.2 Å². The number of fused-ring (bicyclic) bond motifs is 4. The third-order valence-corrected chi connectivity index (χ3v) is 6.99. The molecule has 0 unspecified atom stereocenters. The summed E-state index contributed by atoms with van der Waals surface area (Å²) in [5.41, 5.74) is 1.93. The molecule has 4 heterocycles. The summed E-state index contributed by atoms with van der Waals surface area (Å²) >= 11 is 0. The van der Waals surface area contributed by atoms with Crippen molar-refractivity contribution in [3.63, 3.8) is 0 Å². The lowest BCUT2D eigenvalue weighted by Crippen LogP contribution is -2.65. The van der Waals surface area contributed by atoms with Gasteiger partial charge in [0.25, 0.3) is 0 Å². The van der Waals surface area contributed by atoms with Crippen LogP contribution in [0.2, 0.25) is 0 Å². The molecule has 0 spiro atoms. The van der Waals surface area contributed by atoms with Crippen molar-refractivity contribution in [2.24, 2.45) is 11.8 Å². The normalized spacial score (nSPS) is 28.6. The summed E-state index contributed by atoms with van der Waals surface area (Å²) in [7, 11) is 0. The highest BCUT2D eigenvalue weighted by Crippen LogP contribution is 2.43. The number of amides is 1. The van der Waals surface area contributed by atoms with Gasteiger partial charge in [0, 0.05) is 37.8 Å². The fourth-order valence-corrected chi connectivity index (χ4v) is 5.80. The van der Waals surface area contributed by atoms with E-state index in [0.29, 0.717) is 35.8 Å². The molecule has 5 rings (SSSR count). The van der Waals surface area contributed by atoms with Crippen LogP contribution in [-0.4, -0.2) is 41.0 Å². The number of hydrogen-bond acceptors (Lipinski definition) is 4. The lowest BCUT2D eigenvalue weighted by atomic mass is 9.70. The third-order valence-electron chi connectivity index (χ3n) is 6.99. The first-order valence-corrected chi connectivity index (χ1v) is 10.7. The van der Waals surface area contributed by atoms with E-state index in [-0.39, 0.29) is 6.04 Å². The molecule has 0 N–H and O–H groups in total. The fraction of sp³-hybridized carbons (Fsp3) is 0.458. The molecule has 2 aromatic rings. The monoisotopic (exact) mass is 386 g/mol. The molecule has 3 saturated heterocycles. The Morgan fingerprint density at radius 1 is 1.10 bits per heavy atom. The fourth-order valence-electron chi connectivity index (χ4n) is 5.80. The Kier molecular flexibility index (Phi) is 4.71. The molecule has 5 nitrogen and oxygen atoms in total. The van der Waals surface area contributed by atoms with E-state index in [1.165, 1.54) is 5.56 Å². The number of pyridine rings is 1. The van der Waals surface area contributed by atoms with Crippen LogP contribution in [0, 0.1) is 23.2 Å². The van der Waals surface area contributed by atoms with Crippen LogP contribution in [0.1, 0.15) is 36.8 Å². The maximum Gasteiger partial charge on any atom is 0.223 e. The van der Waals surface area contributed by atoms with Gasteiger partial charge in [0.05, 0.1) is 5.56 Å². The molecule has 29 heavy (non-hydrogen) atoms. The van der Waals surface area contributed by atoms with Crippen molar-refractivity contribution in [3.05, 3.63) is 59.8 Å². The van der Waals surface area contributed by atoms with Crippen molar-refractivity contribution in [1.29, 1.82) is 5.26 Å². The molecule has 1 aromatic carbocycles. The Balaban J connectivity index is 1.49. The largest absolute Gasteiger partial charge is 0.355 e. The molecule has 0 aliphatic carbocycles. The van der Waals surface area contributed by atoms with Gasteiger partial charge >= 0.3 is 0 Å². The average molecular weight is 386 g/mol. The van der Waals surface area contributed by atoms with Crippen LogP contribution in [0.5, 0.6) is 0 Å². The minimum Gasteiger partial charge on any atom is -0.355 e. The van der Waals surface area contributed by atoms with Gasteiger partial charge in [-0.3, -0.25) is 4.79 Å². The number of piperidine rings is 3. The molecular weight excluding hydrogens is 360 g/mol. The van der Waals surface area contributed by atoms with Crippen molar-refractivity contribution in [1.82, 2.24) is 9.88 Å². The summed E-state index contributed by atoms with van der Waals surface area (Å²) in [6.45, 7) is 1.74. The molecule has 148 valence electrons. The number of carbonyl (C=O) groups is 1. The highest BCUT2D eigenvalue weighted by molar-refractivity contribution is 5.78. The van der Waals surface area contributed by atoms with Crippen molar-refractivity contribution < 1.29 is 4.79 Å². The van der Waals surface area contributed by atoms with Crippen molar-refractivity contribution in [3.8, 4) is 6.07 Å². The minimum absolute atomic E-state index is 0.225. The van der Waals surface area contributed by atoms with E-state index in [9.17, 15) is 10.1 Å². The van der Waals surface area contributed by atoms with E-state index in [1.807, 2.05) is 18.2 Å². The Hall–Kier alpha value is -2.87. The van der Waals surface area contributed by atoms with E-state index < -0.39 is 0 Å². The zero-order chi connectivity index (χ0) is 19.8. The Morgan fingerprint density at radius 2 is 1.93 bits per heavy atom. The van der Waals surface area contributed by atoms with Gasteiger partial charge in [0.15, 0.2) is 0 Å². The number of benzene rings is 1. The molecule has 5 heteroatoms. The van der Waals surface area contributed by atoms with E-state index >= 15 is 0 Å². The minimum atomic E-state index is 0.225. The van der Waals surface area contributed by atoms with Gasteiger partial charge in [-0.25, -0.2) is 4.98 Å². The smallest absolute Gasteiger partial charge is 0.223 e. The Labute approximate surface area is 172 Å². The molecule has 0 radical (unpaired) electrons. The topological polar surface area (TPSA) is 60.2 Å². The summed E-state index contributed by atoms with van der Waals surface area (Å²) in [5.74, 6) is 2.00. The first-order chi connectivity index (χ1) is 14.2. The Morgan fingerprint density at radius 3 is 2.76 bits per heavy atom. The molecule has 0 saturated carbocycles. The highest BCUT2D eigenvalue weighted by Gasteiger charge is 2.49. The first-order valence-electron chi connectivity index (χ1n) is 10.7. The molecule has 3 aliphatic heterocycles. The van der Waals surface area contributed by atoms with E-state index in [0.717, 1.165) is 44.6 Å². The van der Waals surface area contributed by atoms with Crippen LogP contribution in [0.4, 0.5) is 5.82 Å². The van der Waals surface area contributed by atoms with Crippen LogP contribution < -0.4 is 4.90 Å². The second-order valence-corrected chi connectivity index (χ2v) is 8.66. The van der Waals surface area contributed by atoms with E-state index in [1.54, 1.807) is 6.20 Å². The van der Waals surface area contributed by atoms with Gasteiger partial charge in [-0.1, -0.05) is 30.3 Å². The number of aromatic nitrogens is 1. The summed E-state index contributed by atoms with van der Waals surface area (Å²) < 4.78 is 0. The SMILES string of the molecule is N#Cc1cccnc1N1C[C@H]2C[C@@H](C1)[C@H](Cc1ccccc1)N1C(=O)CCC[C@@H]21. The van der Waals surface area contributed by atoms with Gasteiger partial charge < -0.3 is 9.80 Å². The molecule has 1 amide bonds. The molecule has 2 bridgehead atoms. The van der Waals surface area contributed by atoms with Crippen LogP contribution in [0.3, 0.4) is 0 Å². The third kappa shape index (κ3) is 3.27. The summed E-state index contributed by atoms with van der Waals surface area (Å²) in [4.78, 5) is 22.1. The summed E-state index contributed by atoms with van der Waals surface area (Å²) in [6, 6.07) is 17.1. The van der Waals surface area contributed by atoms with Crippen molar-refractivity contribution in [2.45, 2.75) is 44.2 Å². The van der Waals surface area contributed by atoms with Gasteiger partial charge in [0.2, 0.25) is 5.91 Å². The number of rotatable bonds is 3. The quantitative estimate of drug-likeness (QED) is 0.811. The highest BCUT2D eigenvalue weighted by atomic mass is 16.2. The number of nitrogens with zero attached hydrogens (tertiary/aromatic N) is 4. The standard InChI is InChI=1S/C24H26N4O/c25-14-18-8-5-11-26-24(18)27-15-19-13-20(16-27)22(12-17-6-2-1-3-7-17)28-21(19)9-4-10-23(28)29/h1-3,5-8,11,19-22H,4,9-10,12-13,15-16H2/t19-,20+,21+,22+/m1/s1. The van der Waals surface area contributed by atoms with Crippen LogP contribution in [-0.2, 0) is 11.2 Å². The van der Waals surface area contributed by atoms with Crippen molar-refractivity contribution >= 4 is 11.7 Å². The van der Waals surface area contributed by atoms with E-state index in [2.05, 4.69) is 45.1 Å². The van der Waals surface area contributed by atoms with Crippen LogP contribution in [0.15, 0.2) is 48.7 Å². The molecular formula is C24H26N4O.